The van der Waals surface area contributed by atoms with Gasteiger partial charge in [-0.1, -0.05) is 29.8 Å². The number of benzene rings is 2. The standard InChI is InChI=1S/C25H34N4O2/c1-3-26-25(27-15-18-31-23-13-7-20(2)8-14-23)28-19-21-9-11-22(12-10-21)24(30)29-16-5-4-6-17-29/h7-14H,3-6,15-19H2,1-2H3,(H2,26,27,28). The number of aliphatic imine (C=N–C) groups is 1. The summed E-state index contributed by atoms with van der Waals surface area (Å²) in [6, 6.07) is 15.9. The van der Waals surface area contributed by atoms with Crippen molar-refractivity contribution in [2.24, 2.45) is 4.99 Å². The van der Waals surface area contributed by atoms with E-state index in [2.05, 4.69) is 22.5 Å². The first-order valence-electron chi connectivity index (χ1n) is 11.3. The molecule has 2 N–H and O–H groups in total. The molecule has 0 atom stereocenters. The highest BCUT2D eigenvalue weighted by Gasteiger charge is 2.17. The molecule has 166 valence electrons. The molecule has 0 aromatic heterocycles. The number of nitrogens with one attached hydrogen (secondary N) is 2. The summed E-state index contributed by atoms with van der Waals surface area (Å²) in [5, 5.41) is 6.55. The number of guanidine groups is 1. The van der Waals surface area contributed by atoms with Crippen LogP contribution in [0.25, 0.3) is 0 Å². The third kappa shape index (κ3) is 7.31. The molecule has 2 aromatic carbocycles. The summed E-state index contributed by atoms with van der Waals surface area (Å²) in [6.45, 7) is 8.39. The number of piperidine rings is 1. The summed E-state index contributed by atoms with van der Waals surface area (Å²) >= 11 is 0. The Morgan fingerprint density at radius 2 is 1.71 bits per heavy atom. The van der Waals surface area contributed by atoms with Crippen molar-refractivity contribution in [1.82, 2.24) is 15.5 Å². The number of hydrogen-bond acceptors (Lipinski definition) is 3. The molecular formula is C25H34N4O2. The van der Waals surface area contributed by atoms with Gasteiger partial charge in [-0.05, 0) is 62.9 Å². The van der Waals surface area contributed by atoms with Crippen LogP contribution in [-0.2, 0) is 6.54 Å². The largest absolute Gasteiger partial charge is 0.492 e. The van der Waals surface area contributed by atoms with Gasteiger partial charge in [-0.25, -0.2) is 4.99 Å². The first-order chi connectivity index (χ1) is 15.2. The van der Waals surface area contributed by atoms with Crippen molar-refractivity contribution in [1.29, 1.82) is 0 Å². The molecule has 1 saturated heterocycles. The van der Waals surface area contributed by atoms with Crippen LogP contribution in [0.3, 0.4) is 0 Å². The van der Waals surface area contributed by atoms with E-state index < -0.39 is 0 Å². The molecule has 1 aliphatic rings. The van der Waals surface area contributed by atoms with Gasteiger partial charge in [0.05, 0.1) is 13.1 Å². The van der Waals surface area contributed by atoms with E-state index in [0.717, 1.165) is 55.3 Å². The molecule has 2 aromatic rings. The average molecular weight is 423 g/mol. The molecule has 3 rings (SSSR count). The maximum Gasteiger partial charge on any atom is 0.253 e. The van der Waals surface area contributed by atoms with Crippen LogP contribution in [0.5, 0.6) is 5.75 Å². The normalized spacial score (nSPS) is 14.3. The van der Waals surface area contributed by atoms with Crippen LogP contribution in [-0.4, -0.2) is 49.6 Å². The average Bonchev–Trinajstić information content (AvgIpc) is 2.82. The highest BCUT2D eigenvalue weighted by Crippen LogP contribution is 2.14. The van der Waals surface area contributed by atoms with Crippen LogP contribution in [0, 0.1) is 6.92 Å². The van der Waals surface area contributed by atoms with Gasteiger partial charge in [0.25, 0.3) is 5.91 Å². The number of likely N-dealkylation sites (tertiary alicyclic amines) is 1. The van der Waals surface area contributed by atoms with E-state index in [-0.39, 0.29) is 5.91 Å². The Labute approximate surface area is 185 Å². The zero-order valence-corrected chi connectivity index (χ0v) is 18.7. The van der Waals surface area contributed by atoms with Crippen molar-refractivity contribution in [3.8, 4) is 5.75 Å². The summed E-state index contributed by atoms with van der Waals surface area (Å²) in [7, 11) is 0. The fraction of sp³-hybridized carbons (Fsp3) is 0.440. The van der Waals surface area contributed by atoms with Crippen molar-refractivity contribution < 1.29 is 9.53 Å². The second kappa shape index (κ2) is 12.0. The van der Waals surface area contributed by atoms with Crippen molar-refractivity contribution in [2.45, 2.75) is 39.7 Å². The fourth-order valence-corrected chi connectivity index (χ4v) is 3.52. The highest BCUT2D eigenvalue weighted by atomic mass is 16.5. The topological polar surface area (TPSA) is 66.0 Å². The lowest BCUT2D eigenvalue weighted by atomic mass is 10.1. The maximum atomic E-state index is 12.6. The Bertz CT molecular complexity index is 841. The zero-order chi connectivity index (χ0) is 21.9. The molecule has 0 unspecified atom stereocenters. The first kappa shape index (κ1) is 22.7. The Balaban J connectivity index is 1.47. The van der Waals surface area contributed by atoms with Crippen LogP contribution < -0.4 is 15.4 Å². The summed E-state index contributed by atoms with van der Waals surface area (Å²) in [4.78, 5) is 19.2. The van der Waals surface area contributed by atoms with Crippen molar-refractivity contribution in [2.75, 3.05) is 32.8 Å². The van der Waals surface area contributed by atoms with Gasteiger partial charge in [0.2, 0.25) is 0 Å². The minimum Gasteiger partial charge on any atom is -0.492 e. The van der Waals surface area contributed by atoms with Crippen LogP contribution in [0.2, 0.25) is 0 Å². The Kier molecular flexibility index (Phi) is 8.76. The molecule has 1 amide bonds. The smallest absolute Gasteiger partial charge is 0.253 e. The highest BCUT2D eigenvalue weighted by molar-refractivity contribution is 5.94. The van der Waals surface area contributed by atoms with Gasteiger partial charge in [-0.15, -0.1) is 0 Å². The predicted molar refractivity (Wildman–Crippen MR) is 126 cm³/mol. The maximum absolute atomic E-state index is 12.6. The summed E-state index contributed by atoms with van der Waals surface area (Å²) < 4.78 is 5.76. The van der Waals surface area contributed by atoms with Gasteiger partial charge in [0.15, 0.2) is 5.96 Å². The van der Waals surface area contributed by atoms with Crippen LogP contribution in [0.15, 0.2) is 53.5 Å². The Morgan fingerprint density at radius 3 is 2.39 bits per heavy atom. The zero-order valence-electron chi connectivity index (χ0n) is 18.7. The van der Waals surface area contributed by atoms with E-state index in [1.165, 1.54) is 12.0 Å². The number of amides is 1. The van der Waals surface area contributed by atoms with E-state index in [1.54, 1.807) is 0 Å². The molecule has 6 heteroatoms. The molecule has 0 aliphatic carbocycles. The van der Waals surface area contributed by atoms with Crippen molar-refractivity contribution in [3.05, 3.63) is 65.2 Å². The third-order valence-corrected chi connectivity index (χ3v) is 5.29. The molecule has 31 heavy (non-hydrogen) atoms. The number of ether oxygens (including phenoxy) is 1. The lowest BCUT2D eigenvalue weighted by Crippen LogP contribution is -2.39. The van der Waals surface area contributed by atoms with Gasteiger partial charge in [0, 0.05) is 25.2 Å². The van der Waals surface area contributed by atoms with Gasteiger partial charge in [-0.2, -0.15) is 0 Å². The Hall–Kier alpha value is -3.02. The third-order valence-electron chi connectivity index (χ3n) is 5.29. The second-order valence-electron chi connectivity index (χ2n) is 7.83. The minimum absolute atomic E-state index is 0.137. The van der Waals surface area contributed by atoms with Gasteiger partial charge < -0.3 is 20.3 Å². The van der Waals surface area contributed by atoms with Gasteiger partial charge >= 0.3 is 0 Å². The van der Waals surface area contributed by atoms with E-state index in [1.807, 2.05) is 60.4 Å². The van der Waals surface area contributed by atoms with E-state index >= 15 is 0 Å². The number of nitrogens with zero attached hydrogens (tertiary/aromatic N) is 2. The number of carbonyl (C=O) groups excluding carboxylic acids is 1. The SMILES string of the molecule is CCNC(=NCc1ccc(C(=O)N2CCCCC2)cc1)NCCOc1ccc(C)cc1. The number of carbonyl (C=O) groups is 1. The molecular weight excluding hydrogens is 388 g/mol. The van der Waals surface area contributed by atoms with Crippen LogP contribution >= 0.6 is 0 Å². The molecule has 6 nitrogen and oxygen atoms in total. The van der Waals surface area contributed by atoms with Gasteiger partial charge in [-0.3, -0.25) is 4.79 Å². The molecule has 1 fully saturated rings. The van der Waals surface area contributed by atoms with Crippen LogP contribution in [0.4, 0.5) is 0 Å². The van der Waals surface area contributed by atoms with E-state index in [9.17, 15) is 4.79 Å². The quantitative estimate of drug-likeness (QED) is 0.386. The second-order valence-corrected chi connectivity index (χ2v) is 7.83. The molecule has 0 spiro atoms. The molecule has 0 saturated carbocycles. The molecule has 1 heterocycles. The summed E-state index contributed by atoms with van der Waals surface area (Å²) in [5.74, 6) is 1.76. The molecule has 1 aliphatic heterocycles. The number of rotatable bonds is 8. The first-order valence-corrected chi connectivity index (χ1v) is 11.3. The molecule has 0 radical (unpaired) electrons. The number of aryl methyl sites for hydroxylation is 1. The van der Waals surface area contributed by atoms with Crippen molar-refractivity contribution in [3.63, 3.8) is 0 Å². The van der Waals surface area contributed by atoms with Crippen molar-refractivity contribution >= 4 is 11.9 Å². The lowest BCUT2D eigenvalue weighted by molar-refractivity contribution is 0.0724. The number of hydrogen-bond donors (Lipinski definition) is 2. The fourth-order valence-electron chi connectivity index (χ4n) is 3.52. The summed E-state index contributed by atoms with van der Waals surface area (Å²) in [5.41, 5.74) is 3.05. The predicted octanol–water partition coefficient (Wildman–Crippen LogP) is 3.76. The van der Waals surface area contributed by atoms with Crippen LogP contribution in [0.1, 0.15) is 47.7 Å². The van der Waals surface area contributed by atoms with Gasteiger partial charge in [0.1, 0.15) is 12.4 Å². The Morgan fingerprint density at radius 1 is 1.00 bits per heavy atom. The molecule has 0 bridgehead atoms. The summed E-state index contributed by atoms with van der Waals surface area (Å²) in [6.07, 6.45) is 3.44. The monoisotopic (exact) mass is 422 g/mol. The minimum atomic E-state index is 0.137. The van der Waals surface area contributed by atoms with E-state index in [0.29, 0.717) is 19.7 Å². The van der Waals surface area contributed by atoms with E-state index in [4.69, 9.17) is 4.74 Å². The lowest BCUT2D eigenvalue weighted by Gasteiger charge is -2.26.